The Kier molecular flexibility index (Phi) is 2.46. The molecule has 2 nitrogen and oxygen atoms in total. The summed E-state index contributed by atoms with van der Waals surface area (Å²) >= 11 is 5.03. The number of rotatable bonds is 3. The molecule has 0 unspecified atom stereocenters. The fourth-order valence-corrected chi connectivity index (χ4v) is 2.89. The van der Waals surface area contributed by atoms with Crippen molar-refractivity contribution in [3.63, 3.8) is 0 Å². The molecule has 1 heterocycles. The highest BCUT2D eigenvalue weighted by Gasteiger charge is 2.36. The SMILES string of the molecule is BrCC1(Cc2csnn2)CCC1. The van der Waals surface area contributed by atoms with Crippen molar-refractivity contribution in [2.45, 2.75) is 25.7 Å². The molecule has 1 aliphatic carbocycles. The molecule has 66 valence electrons. The highest BCUT2D eigenvalue weighted by atomic mass is 79.9. The Hall–Kier alpha value is 0.0400. The molecule has 1 saturated carbocycles. The maximum atomic E-state index is 4.08. The van der Waals surface area contributed by atoms with Crippen LogP contribution in [0.2, 0.25) is 0 Å². The van der Waals surface area contributed by atoms with E-state index in [1.807, 2.05) is 0 Å². The van der Waals surface area contributed by atoms with Gasteiger partial charge in [-0.05, 0) is 36.2 Å². The second-order valence-electron chi connectivity index (χ2n) is 3.56. The molecule has 1 aromatic heterocycles. The summed E-state index contributed by atoms with van der Waals surface area (Å²) in [5, 5.41) is 7.25. The minimum Gasteiger partial charge on any atom is -0.143 e. The van der Waals surface area contributed by atoms with Gasteiger partial charge in [-0.15, -0.1) is 5.10 Å². The van der Waals surface area contributed by atoms with E-state index >= 15 is 0 Å². The number of nitrogens with zero attached hydrogens (tertiary/aromatic N) is 2. The lowest BCUT2D eigenvalue weighted by molar-refractivity contribution is 0.168. The molecule has 0 radical (unpaired) electrons. The molecule has 0 spiro atoms. The molecule has 0 amide bonds. The number of aromatic nitrogens is 2. The van der Waals surface area contributed by atoms with Gasteiger partial charge in [0, 0.05) is 10.7 Å². The van der Waals surface area contributed by atoms with Crippen molar-refractivity contribution in [1.82, 2.24) is 9.59 Å². The van der Waals surface area contributed by atoms with Gasteiger partial charge in [0.25, 0.3) is 0 Å². The van der Waals surface area contributed by atoms with E-state index in [9.17, 15) is 0 Å². The average molecular weight is 247 g/mol. The summed E-state index contributed by atoms with van der Waals surface area (Å²) in [7, 11) is 0. The Morgan fingerprint density at radius 3 is 2.83 bits per heavy atom. The van der Waals surface area contributed by atoms with Gasteiger partial charge in [0.1, 0.15) is 0 Å². The van der Waals surface area contributed by atoms with Gasteiger partial charge in [-0.25, -0.2) is 0 Å². The van der Waals surface area contributed by atoms with Gasteiger partial charge in [0.2, 0.25) is 0 Å². The Balaban J connectivity index is 2.01. The molecule has 0 atom stereocenters. The summed E-state index contributed by atoms with van der Waals surface area (Å²) in [4.78, 5) is 0. The minimum atomic E-state index is 0.510. The summed E-state index contributed by atoms with van der Waals surface area (Å²) in [6.45, 7) is 0. The van der Waals surface area contributed by atoms with Crippen molar-refractivity contribution in [2.24, 2.45) is 5.41 Å². The summed E-state index contributed by atoms with van der Waals surface area (Å²) in [6, 6.07) is 0. The van der Waals surface area contributed by atoms with Crippen LogP contribution in [0.15, 0.2) is 5.38 Å². The molecule has 0 aliphatic heterocycles. The molecule has 1 aromatic rings. The first kappa shape index (κ1) is 8.63. The van der Waals surface area contributed by atoms with Crippen molar-refractivity contribution in [3.8, 4) is 0 Å². The number of alkyl halides is 1. The lowest BCUT2D eigenvalue weighted by Crippen LogP contribution is -2.33. The number of halogens is 1. The van der Waals surface area contributed by atoms with Crippen molar-refractivity contribution < 1.29 is 0 Å². The van der Waals surface area contributed by atoms with Gasteiger partial charge in [-0.2, -0.15) is 0 Å². The van der Waals surface area contributed by atoms with E-state index in [-0.39, 0.29) is 0 Å². The quantitative estimate of drug-likeness (QED) is 0.767. The van der Waals surface area contributed by atoms with Crippen LogP contribution >= 0.6 is 27.5 Å². The Morgan fingerprint density at radius 1 is 1.58 bits per heavy atom. The highest BCUT2D eigenvalue weighted by Crippen LogP contribution is 2.44. The zero-order valence-corrected chi connectivity index (χ0v) is 9.20. The van der Waals surface area contributed by atoms with Gasteiger partial charge in [0.05, 0.1) is 5.69 Å². The van der Waals surface area contributed by atoms with Crippen LogP contribution < -0.4 is 0 Å². The van der Waals surface area contributed by atoms with E-state index in [4.69, 9.17) is 0 Å². The van der Waals surface area contributed by atoms with E-state index in [1.54, 1.807) is 0 Å². The third kappa shape index (κ3) is 1.55. The lowest BCUT2D eigenvalue weighted by Gasteiger charge is -2.40. The fraction of sp³-hybridized carbons (Fsp3) is 0.750. The predicted octanol–water partition coefficient (Wildman–Crippen LogP) is 2.65. The van der Waals surface area contributed by atoms with Crippen molar-refractivity contribution in [3.05, 3.63) is 11.1 Å². The summed E-state index contributed by atoms with van der Waals surface area (Å²) in [5.74, 6) is 0. The second-order valence-corrected chi connectivity index (χ2v) is 4.73. The zero-order chi connectivity index (χ0) is 8.44. The zero-order valence-electron chi connectivity index (χ0n) is 6.79. The average Bonchev–Trinajstić information content (AvgIpc) is 2.49. The van der Waals surface area contributed by atoms with Gasteiger partial charge in [-0.3, -0.25) is 0 Å². The first-order chi connectivity index (χ1) is 5.85. The molecular weight excluding hydrogens is 236 g/mol. The maximum absolute atomic E-state index is 4.08. The molecular formula is C8H11BrN2S. The molecule has 1 fully saturated rings. The van der Waals surface area contributed by atoms with E-state index in [0.717, 1.165) is 11.8 Å². The maximum Gasteiger partial charge on any atom is 0.0761 e. The monoisotopic (exact) mass is 246 g/mol. The summed E-state index contributed by atoms with van der Waals surface area (Å²) < 4.78 is 3.88. The Morgan fingerprint density at radius 2 is 2.42 bits per heavy atom. The second kappa shape index (κ2) is 3.42. The molecule has 0 aromatic carbocycles. The normalized spacial score (nSPS) is 20.4. The summed E-state index contributed by atoms with van der Waals surface area (Å²) in [5.41, 5.74) is 1.68. The summed E-state index contributed by atoms with van der Waals surface area (Å²) in [6.07, 6.45) is 5.17. The van der Waals surface area contributed by atoms with Crippen LogP contribution in [0.4, 0.5) is 0 Å². The third-order valence-electron chi connectivity index (χ3n) is 2.66. The standard InChI is InChI=1S/C8H11BrN2S/c9-6-8(2-1-3-8)4-7-5-12-11-10-7/h5H,1-4,6H2. The molecule has 2 rings (SSSR count). The van der Waals surface area contributed by atoms with Gasteiger partial charge in [0.15, 0.2) is 0 Å². The van der Waals surface area contributed by atoms with Crippen LogP contribution in [0.25, 0.3) is 0 Å². The molecule has 0 N–H and O–H groups in total. The van der Waals surface area contributed by atoms with E-state index in [1.165, 1.54) is 36.5 Å². The third-order valence-corrected chi connectivity index (χ3v) is 4.40. The largest absolute Gasteiger partial charge is 0.143 e. The van der Waals surface area contributed by atoms with Crippen LogP contribution in [0.3, 0.4) is 0 Å². The molecule has 4 heteroatoms. The van der Waals surface area contributed by atoms with Crippen LogP contribution in [-0.2, 0) is 6.42 Å². The first-order valence-electron chi connectivity index (χ1n) is 4.17. The van der Waals surface area contributed by atoms with Crippen LogP contribution in [0.1, 0.15) is 25.0 Å². The molecule has 0 saturated heterocycles. The topological polar surface area (TPSA) is 25.8 Å². The smallest absolute Gasteiger partial charge is 0.0761 e. The molecule has 12 heavy (non-hydrogen) atoms. The van der Waals surface area contributed by atoms with E-state index in [0.29, 0.717) is 5.41 Å². The van der Waals surface area contributed by atoms with Gasteiger partial charge >= 0.3 is 0 Å². The first-order valence-corrected chi connectivity index (χ1v) is 6.12. The van der Waals surface area contributed by atoms with E-state index in [2.05, 4.69) is 30.9 Å². The van der Waals surface area contributed by atoms with Crippen molar-refractivity contribution in [2.75, 3.05) is 5.33 Å². The van der Waals surface area contributed by atoms with Crippen LogP contribution in [-0.4, -0.2) is 14.9 Å². The van der Waals surface area contributed by atoms with Crippen molar-refractivity contribution in [1.29, 1.82) is 0 Å². The number of hydrogen-bond acceptors (Lipinski definition) is 3. The minimum absolute atomic E-state index is 0.510. The van der Waals surface area contributed by atoms with Gasteiger partial charge in [-0.1, -0.05) is 26.8 Å². The molecule has 0 bridgehead atoms. The Labute approximate surface area is 84.7 Å². The Bertz CT molecular complexity index is 238. The van der Waals surface area contributed by atoms with E-state index < -0.39 is 0 Å². The lowest BCUT2D eigenvalue weighted by atomic mass is 9.68. The molecule has 1 aliphatic rings. The van der Waals surface area contributed by atoms with Gasteiger partial charge < -0.3 is 0 Å². The number of hydrogen-bond donors (Lipinski definition) is 0. The highest BCUT2D eigenvalue weighted by molar-refractivity contribution is 9.09. The van der Waals surface area contributed by atoms with Crippen LogP contribution in [0.5, 0.6) is 0 Å². The van der Waals surface area contributed by atoms with Crippen LogP contribution in [0, 0.1) is 5.41 Å². The van der Waals surface area contributed by atoms with Crippen molar-refractivity contribution >= 4 is 27.5 Å². The predicted molar refractivity (Wildman–Crippen MR) is 53.7 cm³/mol. The fourth-order valence-electron chi connectivity index (χ4n) is 1.68.